The number of carbonyl (C=O) groups is 2. The van der Waals surface area contributed by atoms with Crippen molar-refractivity contribution in [1.82, 2.24) is 9.55 Å². The van der Waals surface area contributed by atoms with E-state index in [1.54, 1.807) is 40.2 Å². The molecule has 0 fully saturated rings. The molecule has 2 aromatic heterocycles. The second kappa shape index (κ2) is 9.62. The van der Waals surface area contributed by atoms with Crippen LogP contribution in [0.1, 0.15) is 46.3 Å². The lowest BCUT2D eigenvalue weighted by atomic mass is 9.97. The van der Waals surface area contributed by atoms with Crippen LogP contribution in [0.4, 0.5) is 5.69 Å². The number of ketones is 1. The van der Waals surface area contributed by atoms with Gasteiger partial charge in [0.05, 0.1) is 12.3 Å². The van der Waals surface area contributed by atoms with Crippen molar-refractivity contribution < 1.29 is 9.59 Å². The van der Waals surface area contributed by atoms with E-state index in [1.807, 2.05) is 17.5 Å². The number of hydrogen-bond donors (Lipinski definition) is 1. The van der Waals surface area contributed by atoms with Gasteiger partial charge in [-0.3, -0.25) is 14.2 Å². The van der Waals surface area contributed by atoms with E-state index in [0.717, 1.165) is 41.8 Å². The molecule has 6 nitrogen and oxygen atoms in total. The number of carbonyl (C=O) groups excluding carboxylic acids is 2. The Morgan fingerprint density at radius 2 is 1.94 bits per heavy atom. The van der Waals surface area contributed by atoms with Gasteiger partial charge in [0.25, 0.3) is 0 Å². The first-order chi connectivity index (χ1) is 15.0. The number of nitrogens with one attached hydrogen (secondary N) is 1. The Morgan fingerprint density at radius 3 is 2.65 bits per heavy atom. The molecule has 0 saturated carbocycles. The first-order valence-corrected chi connectivity index (χ1v) is 12.1. The highest BCUT2D eigenvalue weighted by Gasteiger charge is 2.21. The Morgan fingerprint density at radius 1 is 1.16 bits per heavy atom. The van der Waals surface area contributed by atoms with Gasteiger partial charge in [-0.2, -0.15) is 4.98 Å². The van der Waals surface area contributed by atoms with Crippen LogP contribution in [-0.4, -0.2) is 27.0 Å². The number of nitrogens with zero attached hydrogens (tertiary/aromatic N) is 2. The maximum atomic E-state index is 12.8. The summed E-state index contributed by atoms with van der Waals surface area (Å²) in [4.78, 5) is 42.0. The van der Waals surface area contributed by atoms with E-state index >= 15 is 0 Å². The number of fused-ring (bicyclic) bond motifs is 1. The molecule has 31 heavy (non-hydrogen) atoms. The average Bonchev–Trinajstić information content (AvgIpc) is 3.28. The van der Waals surface area contributed by atoms with Crippen LogP contribution in [-0.2, 0) is 24.2 Å². The summed E-state index contributed by atoms with van der Waals surface area (Å²) in [7, 11) is 0. The highest BCUT2D eigenvalue weighted by atomic mass is 32.2. The van der Waals surface area contributed by atoms with Gasteiger partial charge in [-0.25, -0.2) is 4.79 Å². The number of thioether (sulfide) groups is 1. The number of thiophene rings is 1. The van der Waals surface area contributed by atoms with E-state index < -0.39 is 0 Å². The lowest BCUT2D eigenvalue weighted by Gasteiger charge is -2.22. The quantitative estimate of drug-likeness (QED) is 0.330. The fraction of sp³-hybridized carbons (Fsp3) is 0.304. The lowest BCUT2D eigenvalue weighted by Crippen LogP contribution is -2.30. The van der Waals surface area contributed by atoms with Crippen LogP contribution in [0.2, 0.25) is 0 Å². The first-order valence-electron chi connectivity index (χ1n) is 10.2. The summed E-state index contributed by atoms with van der Waals surface area (Å²) in [6, 6.07) is 10.8. The average molecular weight is 454 g/mol. The summed E-state index contributed by atoms with van der Waals surface area (Å²) in [6.07, 6.45) is 3.86. The van der Waals surface area contributed by atoms with E-state index in [1.165, 1.54) is 18.7 Å². The Kier molecular flexibility index (Phi) is 6.67. The van der Waals surface area contributed by atoms with E-state index in [-0.39, 0.29) is 23.1 Å². The minimum absolute atomic E-state index is 0.0157. The van der Waals surface area contributed by atoms with Gasteiger partial charge in [-0.1, -0.05) is 17.8 Å². The van der Waals surface area contributed by atoms with Gasteiger partial charge in [0.1, 0.15) is 5.03 Å². The topological polar surface area (TPSA) is 81.1 Å². The molecule has 160 valence electrons. The molecule has 0 saturated heterocycles. The molecule has 1 aliphatic carbocycles. The van der Waals surface area contributed by atoms with Crippen LogP contribution < -0.4 is 11.0 Å². The molecular formula is C23H23N3O3S2. The smallest absolute Gasteiger partial charge is 0.325 e. The molecular weight excluding hydrogens is 430 g/mol. The summed E-state index contributed by atoms with van der Waals surface area (Å²) in [5, 5.41) is 5.51. The van der Waals surface area contributed by atoms with Crippen LogP contribution in [0, 0.1) is 0 Å². The minimum atomic E-state index is -0.253. The SMILES string of the molecule is CC(=O)c1ccc(NC(=O)CSc2nc(=O)n(Cc3cccs3)c3c2CCCC3)cc1. The Labute approximate surface area is 188 Å². The Bertz CT molecular complexity index is 1150. The molecule has 0 spiro atoms. The third-order valence-corrected chi connectivity index (χ3v) is 7.14. The van der Waals surface area contributed by atoms with Crippen molar-refractivity contribution in [2.45, 2.75) is 44.2 Å². The maximum absolute atomic E-state index is 12.8. The van der Waals surface area contributed by atoms with E-state index in [2.05, 4.69) is 10.3 Å². The molecule has 4 rings (SSSR count). The van der Waals surface area contributed by atoms with Gasteiger partial charge in [0.2, 0.25) is 5.91 Å². The number of hydrogen-bond acceptors (Lipinski definition) is 6. The highest BCUT2D eigenvalue weighted by molar-refractivity contribution is 8.00. The zero-order valence-corrected chi connectivity index (χ0v) is 18.9. The molecule has 2 heterocycles. The molecule has 1 N–H and O–H groups in total. The van der Waals surface area contributed by atoms with Gasteiger partial charge < -0.3 is 5.32 Å². The van der Waals surface area contributed by atoms with Crippen LogP contribution in [0.15, 0.2) is 51.6 Å². The normalized spacial score (nSPS) is 12.9. The van der Waals surface area contributed by atoms with Crippen molar-refractivity contribution >= 4 is 40.5 Å². The standard InChI is InChI=1S/C23H23N3O3S2/c1-15(27)16-8-10-17(11-9-16)24-21(28)14-31-22-19-6-2-3-7-20(19)26(23(29)25-22)13-18-5-4-12-30-18/h4-5,8-12H,2-3,6-7,13-14H2,1H3,(H,24,28). The summed E-state index contributed by atoms with van der Waals surface area (Å²) in [5.41, 5.74) is 3.15. The fourth-order valence-electron chi connectivity index (χ4n) is 3.71. The monoisotopic (exact) mass is 453 g/mol. The predicted molar refractivity (Wildman–Crippen MR) is 124 cm³/mol. The van der Waals surface area contributed by atoms with Crippen molar-refractivity contribution in [2.24, 2.45) is 0 Å². The number of amides is 1. The predicted octanol–water partition coefficient (Wildman–Crippen LogP) is 4.17. The van der Waals surface area contributed by atoms with Gasteiger partial charge in [0.15, 0.2) is 5.78 Å². The molecule has 1 aliphatic rings. The molecule has 0 radical (unpaired) electrons. The third kappa shape index (κ3) is 5.14. The fourth-order valence-corrected chi connectivity index (χ4v) is 5.28. The minimum Gasteiger partial charge on any atom is -0.325 e. The molecule has 0 atom stereocenters. The molecule has 1 aromatic carbocycles. The first kappa shape index (κ1) is 21.5. The maximum Gasteiger partial charge on any atom is 0.349 e. The molecule has 1 amide bonds. The number of benzene rings is 1. The highest BCUT2D eigenvalue weighted by Crippen LogP contribution is 2.29. The molecule has 0 bridgehead atoms. The van der Waals surface area contributed by atoms with E-state index in [9.17, 15) is 14.4 Å². The van der Waals surface area contributed by atoms with Crippen LogP contribution in [0.3, 0.4) is 0 Å². The lowest BCUT2D eigenvalue weighted by molar-refractivity contribution is -0.113. The summed E-state index contributed by atoms with van der Waals surface area (Å²) in [5.74, 6) is -0.0183. The zero-order valence-electron chi connectivity index (χ0n) is 17.2. The summed E-state index contributed by atoms with van der Waals surface area (Å²) < 4.78 is 1.79. The molecule has 0 unspecified atom stereocenters. The third-order valence-electron chi connectivity index (χ3n) is 5.26. The summed E-state index contributed by atoms with van der Waals surface area (Å²) >= 11 is 2.95. The number of aromatic nitrogens is 2. The molecule has 8 heteroatoms. The number of Topliss-reactive ketones (excluding diaryl/α,β-unsaturated/α-hetero) is 1. The van der Waals surface area contributed by atoms with Gasteiger partial charge in [-0.05, 0) is 68.3 Å². The van der Waals surface area contributed by atoms with Gasteiger partial charge in [-0.15, -0.1) is 11.3 Å². The van der Waals surface area contributed by atoms with Crippen LogP contribution in [0.25, 0.3) is 0 Å². The second-order valence-electron chi connectivity index (χ2n) is 7.47. The van der Waals surface area contributed by atoms with Crippen molar-refractivity contribution in [3.63, 3.8) is 0 Å². The van der Waals surface area contributed by atoms with Gasteiger partial charge >= 0.3 is 5.69 Å². The molecule has 3 aromatic rings. The Balaban J connectivity index is 1.48. The second-order valence-corrected chi connectivity index (χ2v) is 9.46. The number of rotatable bonds is 7. The largest absolute Gasteiger partial charge is 0.349 e. The van der Waals surface area contributed by atoms with Crippen LogP contribution >= 0.6 is 23.1 Å². The van der Waals surface area contributed by atoms with Crippen LogP contribution in [0.5, 0.6) is 0 Å². The van der Waals surface area contributed by atoms with E-state index in [0.29, 0.717) is 22.8 Å². The number of anilines is 1. The van der Waals surface area contributed by atoms with Crippen molar-refractivity contribution in [3.8, 4) is 0 Å². The van der Waals surface area contributed by atoms with Gasteiger partial charge in [0, 0.05) is 27.4 Å². The molecule has 0 aliphatic heterocycles. The van der Waals surface area contributed by atoms with E-state index in [4.69, 9.17) is 0 Å². The zero-order chi connectivity index (χ0) is 21.8. The van der Waals surface area contributed by atoms with Crippen molar-refractivity contribution in [2.75, 3.05) is 11.1 Å². The Hall–Kier alpha value is -2.71. The summed E-state index contributed by atoms with van der Waals surface area (Å²) in [6.45, 7) is 2.06. The van der Waals surface area contributed by atoms with Crippen molar-refractivity contribution in [1.29, 1.82) is 0 Å². The van der Waals surface area contributed by atoms with Crippen molar-refractivity contribution in [3.05, 3.63) is 74.0 Å².